The molecule has 3 aliphatic heterocycles. The number of rotatable bonds is 4. The van der Waals surface area contributed by atoms with Crippen LogP contribution in [-0.2, 0) is 4.74 Å². The normalized spacial score (nSPS) is 20.6. The summed E-state index contributed by atoms with van der Waals surface area (Å²) in [5.74, 6) is 3.13. The maximum Gasteiger partial charge on any atom is 0.410 e. The lowest BCUT2D eigenvalue weighted by Crippen LogP contribution is -2.62. The fraction of sp³-hybridized carbons (Fsp3) is 0.679. The minimum absolute atomic E-state index is 0.182. The Balaban J connectivity index is 1.41. The van der Waals surface area contributed by atoms with Crippen LogP contribution >= 0.6 is 38.5 Å². The molecule has 1 spiro atoms. The predicted octanol–water partition coefficient (Wildman–Crippen LogP) is 6.04. The van der Waals surface area contributed by atoms with Crippen LogP contribution in [0.4, 0.5) is 10.6 Å². The first-order valence-electron chi connectivity index (χ1n) is 13.7. The van der Waals surface area contributed by atoms with E-state index >= 15 is 0 Å². The summed E-state index contributed by atoms with van der Waals surface area (Å²) in [6.45, 7) is 13.9. The number of anilines is 1. The molecule has 0 unspecified atom stereocenters. The van der Waals surface area contributed by atoms with Crippen molar-refractivity contribution in [1.82, 2.24) is 19.8 Å². The van der Waals surface area contributed by atoms with Gasteiger partial charge in [0.05, 0.1) is 11.1 Å². The summed E-state index contributed by atoms with van der Waals surface area (Å²) < 4.78 is 13.8. The number of likely N-dealkylation sites (tertiary alicyclic amines) is 2. The molecule has 1 aromatic carbocycles. The zero-order chi connectivity index (χ0) is 27.2. The van der Waals surface area contributed by atoms with Gasteiger partial charge in [0.1, 0.15) is 22.8 Å². The standard InChI is InChI=1S/C28H39BrIN5O3/c1-6-37-23-21(29)20(30)15-19-22(23)31-24(18-7-11-33(5)12-8-18)32-25(19)34-13-9-28(10-14-34)16-35(17-28)26(36)38-27(2,3)4/h15,18H,6-14,16-17H2,1-5H3. The van der Waals surface area contributed by atoms with Crippen LogP contribution in [0, 0.1) is 8.99 Å². The third-order valence-electron chi connectivity index (χ3n) is 8.04. The largest absolute Gasteiger partial charge is 0.490 e. The van der Waals surface area contributed by atoms with Crippen molar-refractivity contribution in [1.29, 1.82) is 0 Å². The van der Waals surface area contributed by atoms with Gasteiger partial charge in [0.15, 0.2) is 5.75 Å². The molecule has 3 saturated heterocycles. The van der Waals surface area contributed by atoms with E-state index in [1.165, 1.54) is 0 Å². The smallest absolute Gasteiger partial charge is 0.410 e. The number of amides is 1. The molecule has 3 fully saturated rings. The number of hydrogen-bond donors (Lipinski definition) is 0. The van der Waals surface area contributed by atoms with Gasteiger partial charge in [-0.05, 0) is 118 Å². The van der Waals surface area contributed by atoms with Crippen LogP contribution in [0.2, 0.25) is 0 Å². The molecule has 0 saturated carbocycles. The highest BCUT2D eigenvalue weighted by molar-refractivity contribution is 14.1. The first-order chi connectivity index (χ1) is 18.0. The van der Waals surface area contributed by atoms with Crippen molar-refractivity contribution in [2.24, 2.45) is 5.41 Å². The Morgan fingerprint density at radius 2 is 1.82 bits per heavy atom. The Morgan fingerprint density at radius 1 is 1.16 bits per heavy atom. The van der Waals surface area contributed by atoms with E-state index in [0.29, 0.717) is 12.5 Å². The maximum absolute atomic E-state index is 12.5. The summed E-state index contributed by atoms with van der Waals surface area (Å²) in [5.41, 5.74) is 0.620. The van der Waals surface area contributed by atoms with Gasteiger partial charge in [-0.25, -0.2) is 14.8 Å². The fourth-order valence-corrected chi connectivity index (χ4v) is 6.85. The van der Waals surface area contributed by atoms with E-state index in [0.717, 1.165) is 101 Å². The molecule has 0 bridgehead atoms. The van der Waals surface area contributed by atoms with Crippen LogP contribution in [-0.4, -0.2) is 84.4 Å². The fourth-order valence-electron chi connectivity index (χ4n) is 5.88. The van der Waals surface area contributed by atoms with Gasteiger partial charge >= 0.3 is 6.09 Å². The number of hydrogen-bond acceptors (Lipinski definition) is 7. The number of carbonyl (C=O) groups is 1. The SMILES string of the molecule is CCOc1c(Br)c(I)cc2c(N3CCC4(CC3)CN(C(=O)OC(C)(C)C)C4)nc(C3CCN(C)CC3)nc12. The van der Waals surface area contributed by atoms with E-state index < -0.39 is 5.60 Å². The van der Waals surface area contributed by atoms with Crippen molar-refractivity contribution < 1.29 is 14.3 Å². The van der Waals surface area contributed by atoms with E-state index in [4.69, 9.17) is 19.4 Å². The average Bonchev–Trinajstić information content (AvgIpc) is 2.84. The van der Waals surface area contributed by atoms with Crippen molar-refractivity contribution in [3.63, 3.8) is 0 Å². The summed E-state index contributed by atoms with van der Waals surface area (Å²) >= 11 is 6.12. The summed E-state index contributed by atoms with van der Waals surface area (Å²) in [6, 6.07) is 2.19. The number of fused-ring (bicyclic) bond motifs is 1. The van der Waals surface area contributed by atoms with Gasteiger partial charge in [-0.15, -0.1) is 0 Å². The number of nitrogens with zero attached hydrogens (tertiary/aromatic N) is 5. The third-order valence-corrected chi connectivity index (χ3v) is 10.4. The molecule has 4 heterocycles. The molecule has 38 heavy (non-hydrogen) atoms. The number of piperidine rings is 2. The number of carbonyl (C=O) groups excluding carboxylic acids is 1. The molecule has 1 aromatic heterocycles. The minimum atomic E-state index is -0.463. The van der Waals surface area contributed by atoms with Crippen molar-refractivity contribution >= 4 is 61.3 Å². The topological polar surface area (TPSA) is 71.0 Å². The lowest BCUT2D eigenvalue weighted by atomic mass is 9.72. The van der Waals surface area contributed by atoms with Gasteiger partial charge in [0, 0.05) is 46.5 Å². The van der Waals surface area contributed by atoms with Crippen LogP contribution in [0.5, 0.6) is 5.75 Å². The van der Waals surface area contributed by atoms with Gasteiger partial charge in [-0.3, -0.25) is 0 Å². The molecule has 1 amide bonds. The molecule has 208 valence electrons. The molecule has 0 aliphatic carbocycles. The predicted molar refractivity (Wildman–Crippen MR) is 162 cm³/mol. The number of ether oxygens (including phenoxy) is 2. The second-order valence-corrected chi connectivity index (χ2v) is 14.1. The van der Waals surface area contributed by atoms with Crippen LogP contribution in [0.3, 0.4) is 0 Å². The van der Waals surface area contributed by atoms with E-state index in [-0.39, 0.29) is 11.5 Å². The van der Waals surface area contributed by atoms with Gasteiger partial charge in [-0.2, -0.15) is 0 Å². The lowest BCUT2D eigenvalue weighted by Gasteiger charge is -2.53. The zero-order valence-electron chi connectivity index (χ0n) is 23.1. The van der Waals surface area contributed by atoms with E-state index in [1.54, 1.807) is 0 Å². The monoisotopic (exact) mass is 699 g/mol. The molecule has 0 radical (unpaired) electrons. The van der Waals surface area contributed by atoms with Crippen molar-refractivity contribution in [3.05, 3.63) is 19.9 Å². The van der Waals surface area contributed by atoms with Crippen molar-refractivity contribution in [3.8, 4) is 5.75 Å². The highest BCUT2D eigenvalue weighted by Gasteiger charge is 2.48. The maximum atomic E-state index is 12.5. The highest BCUT2D eigenvalue weighted by atomic mass is 127. The Hall–Kier alpha value is -1.40. The first-order valence-corrected chi connectivity index (χ1v) is 15.6. The second kappa shape index (κ2) is 10.9. The van der Waals surface area contributed by atoms with Crippen LogP contribution in [0.1, 0.15) is 65.1 Å². The van der Waals surface area contributed by atoms with Crippen molar-refractivity contribution in [2.75, 3.05) is 57.8 Å². The molecular formula is C28H39BrIN5O3. The Morgan fingerprint density at radius 3 is 2.42 bits per heavy atom. The van der Waals surface area contributed by atoms with Gasteiger partial charge in [-0.1, -0.05) is 0 Å². The Labute approximate surface area is 248 Å². The molecule has 2 aromatic rings. The number of aromatic nitrogens is 2. The molecule has 0 N–H and O–H groups in total. The molecule has 3 aliphatic rings. The van der Waals surface area contributed by atoms with Gasteiger partial charge in [0.25, 0.3) is 0 Å². The van der Waals surface area contributed by atoms with E-state index in [2.05, 4.69) is 61.4 Å². The Bertz CT molecular complexity index is 1200. The summed E-state index contributed by atoms with van der Waals surface area (Å²) in [6.07, 6.45) is 4.01. The molecule has 5 rings (SSSR count). The second-order valence-electron chi connectivity index (χ2n) is 12.1. The number of halogens is 2. The summed E-state index contributed by atoms with van der Waals surface area (Å²) in [7, 11) is 2.18. The first kappa shape index (κ1) is 28.1. The zero-order valence-corrected chi connectivity index (χ0v) is 26.9. The van der Waals surface area contributed by atoms with Crippen LogP contribution < -0.4 is 9.64 Å². The van der Waals surface area contributed by atoms with E-state index in [1.807, 2.05) is 32.6 Å². The highest BCUT2D eigenvalue weighted by Crippen LogP contribution is 2.45. The van der Waals surface area contributed by atoms with Gasteiger partial charge in [0.2, 0.25) is 0 Å². The lowest BCUT2D eigenvalue weighted by molar-refractivity contribution is -0.0434. The van der Waals surface area contributed by atoms with E-state index in [9.17, 15) is 4.79 Å². The Kier molecular flexibility index (Phi) is 8.05. The van der Waals surface area contributed by atoms with Crippen LogP contribution in [0.15, 0.2) is 10.5 Å². The molecular weight excluding hydrogens is 661 g/mol. The minimum Gasteiger partial charge on any atom is -0.490 e. The molecule has 10 heteroatoms. The quantitative estimate of drug-likeness (QED) is 0.361. The summed E-state index contributed by atoms with van der Waals surface area (Å²) in [5, 5.41) is 1.05. The van der Waals surface area contributed by atoms with Gasteiger partial charge < -0.3 is 24.2 Å². The number of benzene rings is 1. The summed E-state index contributed by atoms with van der Waals surface area (Å²) in [4.78, 5) is 29.6. The van der Waals surface area contributed by atoms with Crippen molar-refractivity contribution in [2.45, 2.75) is 64.9 Å². The van der Waals surface area contributed by atoms with Crippen LogP contribution in [0.25, 0.3) is 10.9 Å². The average molecular weight is 700 g/mol. The molecule has 0 atom stereocenters. The molecule has 8 nitrogen and oxygen atoms in total. The third kappa shape index (κ3) is 5.73.